The molecule has 0 aliphatic heterocycles. The molecule has 0 bridgehead atoms. The highest BCUT2D eigenvalue weighted by atomic mass is 35.5. The molecule has 0 aliphatic rings. The summed E-state index contributed by atoms with van der Waals surface area (Å²) >= 11 is 13.0. The molecule has 21 heavy (non-hydrogen) atoms. The average Bonchev–Trinajstić information content (AvgIpc) is 2.80. The van der Waals surface area contributed by atoms with Gasteiger partial charge in [0.1, 0.15) is 4.21 Å². The van der Waals surface area contributed by atoms with Crippen molar-refractivity contribution in [2.24, 2.45) is 0 Å². The summed E-state index contributed by atoms with van der Waals surface area (Å²) in [5, 5.41) is 0.592. The molecule has 0 aliphatic carbocycles. The first-order valence-electron chi connectivity index (χ1n) is 6.20. The fraction of sp³-hybridized carbons (Fsp3) is 0.286. The fourth-order valence-electron chi connectivity index (χ4n) is 1.88. The maximum atomic E-state index is 12.6. The van der Waals surface area contributed by atoms with Gasteiger partial charge in [-0.3, -0.25) is 0 Å². The summed E-state index contributed by atoms with van der Waals surface area (Å²) in [5.74, 6) is 0.323. The molecule has 2 rings (SSSR count). The van der Waals surface area contributed by atoms with Crippen LogP contribution < -0.4 is 0 Å². The lowest BCUT2D eigenvalue weighted by molar-refractivity contribution is 0.468. The first-order valence-corrected chi connectivity index (χ1v) is 9.37. The van der Waals surface area contributed by atoms with Crippen LogP contribution in [0.25, 0.3) is 0 Å². The van der Waals surface area contributed by atoms with E-state index in [1.165, 1.54) is 15.6 Å². The Balaban J connectivity index is 2.26. The highest BCUT2D eigenvalue weighted by Crippen LogP contribution is 2.29. The van der Waals surface area contributed by atoms with Gasteiger partial charge in [0, 0.05) is 23.5 Å². The Hall–Kier alpha value is -0.590. The molecule has 0 atom stereocenters. The number of hydrogen-bond donors (Lipinski definition) is 0. The van der Waals surface area contributed by atoms with Gasteiger partial charge in [0.05, 0.1) is 5.88 Å². The molecule has 0 saturated heterocycles. The number of halogens is 2. The highest BCUT2D eigenvalue weighted by molar-refractivity contribution is 7.91. The van der Waals surface area contributed by atoms with Gasteiger partial charge in [-0.05, 0) is 36.2 Å². The van der Waals surface area contributed by atoms with Gasteiger partial charge in [0.15, 0.2) is 0 Å². The Morgan fingerprint density at radius 3 is 2.57 bits per heavy atom. The fourth-order valence-corrected chi connectivity index (χ4v) is 5.28. The quantitative estimate of drug-likeness (QED) is 0.743. The number of hydrogen-bond acceptors (Lipinski definition) is 3. The summed E-state index contributed by atoms with van der Waals surface area (Å²) in [4.78, 5) is 0.881. The Bertz CT molecular complexity index is 741. The van der Waals surface area contributed by atoms with Crippen molar-refractivity contribution in [3.8, 4) is 0 Å². The Morgan fingerprint density at radius 1 is 1.29 bits per heavy atom. The van der Waals surface area contributed by atoms with Crippen LogP contribution >= 0.6 is 34.5 Å². The van der Waals surface area contributed by atoms with E-state index >= 15 is 0 Å². The van der Waals surface area contributed by atoms with E-state index in [0.29, 0.717) is 15.1 Å². The molecule has 0 saturated carbocycles. The summed E-state index contributed by atoms with van der Waals surface area (Å²) in [6.45, 7) is 2.14. The molecule has 2 aromatic rings. The maximum Gasteiger partial charge on any atom is 0.252 e. The molecule has 1 aromatic heterocycles. The van der Waals surface area contributed by atoms with Gasteiger partial charge in [-0.2, -0.15) is 4.31 Å². The molecule has 0 amide bonds. The molecule has 0 N–H and O–H groups in total. The predicted molar refractivity (Wildman–Crippen MR) is 88.7 cm³/mol. The van der Waals surface area contributed by atoms with Crippen LogP contribution in [0, 0.1) is 6.92 Å². The van der Waals surface area contributed by atoms with Crippen LogP contribution in [-0.4, -0.2) is 19.8 Å². The minimum atomic E-state index is -3.51. The highest BCUT2D eigenvalue weighted by Gasteiger charge is 2.24. The topological polar surface area (TPSA) is 37.4 Å². The molecule has 1 heterocycles. The minimum absolute atomic E-state index is 0.274. The van der Waals surface area contributed by atoms with Gasteiger partial charge in [-0.25, -0.2) is 8.42 Å². The summed E-state index contributed by atoms with van der Waals surface area (Å²) in [5.41, 5.74) is 1.75. The van der Waals surface area contributed by atoms with Crippen molar-refractivity contribution in [2.75, 3.05) is 7.05 Å². The van der Waals surface area contributed by atoms with E-state index in [1.807, 2.05) is 13.0 Å². The van der Waals surface area contributed by atoms with Crippen molar-refractivity contribution in [1.82, 2.24) is 4.31 Å². The average molecular weight is 364 g/mol. The smallest absolute Gasteiger partial charge is 0.206 e. The molecule has 0 spiro atoms. The molecule has 0 unspecified atom stereocenters. The van der Waals surface area contributed by atoms with E-state index in [4.69, 9.17) is 23.2 Å². The second kappa shape index (κ2) is 6.67. The first kappa shape index (κ1) is 16.8. The van der Waals surface area contributed by atoms with Gasteiger partial charge in [0.2, 0.25) is 0 Å². The lowest BCUT2D eigenvalue weighted by Crippen LogP contribution is -2.25. The summed E-state index contributed by atoms with van der Waals surface area (Å²) in [6, 6.07) is 8.85. The maximum absolute atomic E-state index is 12.6. The Morgan fingerprint density at radius 2 is 2.00 bits per heavy atom. The van der Waals surface area contributed by atoms with E-state index in [9.17, 15) is 8.42 Å². The number of sulfonamides is 1. The predicted octanol–water partition coefficient (Wildman–Crippen LogP) is 4.27. The molecule has 0 fully saturated rings. The van der Waals surface area contributed by atoms with Crippen LogP contribution in [0.15, 0.2) is 34.5 Å². The van der Waals surface area contributed by atoms with Gasteiger partial charge >= 0.3 is 0 Å². The second-order valence-electron chi connectivity index (χ2n) is 4.70. The molecular weight excluding hydrogens is 349 g/mol. The van der Waals surface area contributed by atoms with Crippen LogP contribution in [0.5, 0.6) is 0 Å². The molecule has 0 radical (unpaired) electrons. The Kier molecular flexibility index (Phi) is 5.33. The van der Waals surface area contributed by atoms with E-state index in [-0.39, 0.29) is 6.54 Å². The van der Waals surface area contributed by atoms with Crippen molar-refractivity contribution in [3.05, 3.63) is 51.4 Å². The largest absolute Gasteiger partial charge is 0.252 e. The van der Waals surface area contributed by atoms with Crippen LogP contribution in [-0.2, 0) is 22.4 Å². The van der Waals surface area contributed by atoms with Crippen LogP contribution in [0.4, 0.5) is 0 Å². The Labute approximate surface area is 139 Å². The number of thiophene rings is 1. The number of aryl methyl sites for hydroxylation is 1. The molecule has 3 nitrogen and oxygen atoms in total. The first-order chi connectivity index (χ1) is 9.84. The molecule has 1 aromatic carbocycles. The molecule has 7 heteroatoms. The second-order valence-corrected chi connectivity index (χ2v) is 8.81. The number of benzene rings is 1. The normalized spacial score (nSPS) is 12.0. The summed E-state index contributed by atoms with van der Waals surface area (Å²) in [6.07, 6.45) is 0. The third kappa shape index (κ3) is 3.79. The van der Waals surface area contributed by atoms with Crippen molar-refractivity contribution in [2.45, 2.75) is 23.6 Å². The van der Waals surface area contributed by atoms with Crippen LogP contribution in [0.3, 0.4) is 0 Å². The lowest BCUT2D eigenvalue weighted by Gasteiger charge is -2.16. The number of nitrogens with zero attached hydrogens (tertiary/aromatic N) is 1. The summed E-state index contributed by atoms with van der Waals surface area (Å²) < 4.78 is 26.8. The van der Waals surface area contributed by atoms with E-state index in [2.05, 4.69) is 0 Å². The van der Waals surface area contributed by atoms with Crippen LogP contribution in [0.1, 0.15) is 16.0 Å². The summed E-state index contributed by atoms with van der Waals surface area (Å²) in [7, 11) is -1.95. The van der Waals surface area contributed by atoms with Crippen molar-refractivity contribution in [3.63, 3.8) is 0 Å². The molecule has 114 valence electrons. The van der Waals surface area contributed by atoms with Gasteiger partial charge in [-0.15, -0.1) is 22.9 Å². The third-order valence-electron chi connectivity index (χ3n) is 3.08. The number of rotatable bonds is 5. The SMILES string of the molecule is Cc1cc(S(=O)(=O)N(C)Cc2cccc(Cl)c2)sc1CCl. The van der Waals surface area contributed by atoms with Crippen molar-refractivity contribution >= 4 is 44.6 Å². The lowest BCUT2D eigenvalue weighted by atomic mass is 10.2. The minimum Gasteiger partial charge on any atom is -0.206 e. The van der Waals surface area contributed by atoms with E-state index in [1.54, 1.807) is 31.3 Å². The zero-order valence-corrected chi connectivity index (χ0v) is 14.8. The van der Waals surface area contributed by atoms with Gasteiger partial charge in [-0.1, -0.05) is 23.7 Å². The van der Waals surface area contributed by atoms with Crippen molar-refractivity contribution in [1.29, 1.82) is 0 Å². The monoisotopic (exact) mass is 363 g/mol. The molecular formula is C14H15Cl2NO2S2. The van der Waals surface area contributed by atoms with Gasteiger partial charge < -0.3 is 0 Å². The van der Waals surface area contributed by atoms with Gasteiger partial charge in [0.25, 0.3) is 10.0 Å². The number of alkyl halides is 1. The van der Waals surface area contributed by atoms with Crippen molar-refractivity contribution < 1.29 is 8.42 Å². The standard InChI is InChI=1S/C14H15Cl2NO2S2/c1-10-6-14(20-13(10)8-15)21(18,19)17(2)9-11-4-3-5-12(16)7-11/h3-7H,8-9H2,1-2H3. The zero-order chi connectivity index (χ0) is 15.6. The van der Waals surface area contributed by atoms with E-state index < -0.39 is 10.0 Å². The van der Waals surface area contributed by atoms with Crippen LogP contribution in [0.2, 0.25) is 5.02 Å². The third-order valence-corrected chi connectivity index (χ3v) is 7.23. The van der Waals surface area contributed by atoms with E-state index in [0.717, 1.165) is 16.0 Å². The zero-order valence-electron chi connectivity index (χ0n) is 11.6.